The zero-order valence-corrected chi connectivity index (χ0v) is 15.8. The molecule has 0 spiro atoms. The molecule has 0 radical (unpaired) electrons. The van der Waals surface area contributed by atoms with Gasteiger partial charge in [-0.05, 0) is 43.0 Å². The van der Waals surface area contributed by atoms with Crippen molar-refractivity contribution in [2.24, 2.45) is 0 Å². The van der Waals surface area contributed by atoms with Crippen LogP contribution in [0.4, 0.5) is 5.69 Å². The van der Waals surface area contributed by atoms with Crippen LogP contribution in [0.5, 0.6) is 11.6 Å². The molecule has 0 saturated carbocycles. The molecule has 2 aromatic carbocycles. The van der Waals surface area contributed by atoms with Crippen molar-refractivity contribution in [3.05, 3.63) is 66.5 Å². The van der Waals surface area contributed by atoms with Crippen LogP contribution in [0.15, 0.2) is 66.1 Å². The van der Waals surface area contributed by atoms with Crippen LogP contribution in [-0.2, 0) is 0 Å². The summed E-state index contributed by atoms with van der Waals surface area (Å²) >= 11 is 1.50. The Balaban J connectivity index is 1.84. The van der Waals surface area contributed by atoms with Crippen LogP contribution in [0.2, 0.25) is 0 Å². The molecule has 134 valence electrons. The van der Waals surface area contributed by atoms with E-state index in [4.69, 9.17) is 10.5 Å². The van der Waals surface area contributed by atoms with E-state index >= 15 is 0 Å². The van der Waals surface area contributed by atoms with Crippen molar-refractivity contribution in [2.75, 3.05) is 12.0 Å². The maximum Gasteiger partial charge on any atom is 0.228 e. The molecule has 6 heteroatoms. The van der Waals surface area contributed by atoms with Crippen molar-refractivity contribution < 1.29 is 4.74 Å². The van der Waals surface area contributed by atoms with Crippen LogP contribution < -0.4 is 10.5 Å². The molecule has 0 saturated heterocycles. The van der Waals surface area contributed by atoms with Gasteiger partial charge in [-0.2, -0.15) is 0 Å². The fourth-order valence-corrected chi connectivity index (χ4v) is 3.31. The molecule has 4 aromatic rings. The topological polar surface area (TPSA) is 73.9 Å². The van der Waals surface area contributed by atoms with Gasteiger partial charge in [0, 0.05) is 28.9 Å². The number of ether oxygens (including phenoxy) is 1. The van der Waals surface area contributed by atoms with E-state index in [0.717, 1.165) is 39.0 Å². The van der Waals surface area contributed by atoms with Gasteiger partial charge in [0.1, 0.15) is 5.75 Å². The van der Waals surface area contributed by atoms with E-state index in [-0.39, 0.29) is 0 Å². The average molecular weight is 374 g/mol. The molecule has 2 N–H and O–H groups in total. The molecule has 0 bridgehead atoms. The maximum absolute atomic E-state index is 6.30. The molecule has 5 nitrogen and oxygen atoms in total. The Morgan fingerprint density at radius 1 is 0.926 bits per heavy atom. The highest BCUT2D eigenvalue weighted by molar-refractivity contribution is 7.98. The van der Waals surface area contributed by atoms with Crippen LogP contribution in [0.1, 0.15) is 5.56 Å². The van der Waals surface area contributed by atoms with Gasteiger partial charge in [-0.15, -0.1) is 0 Å². The SMILES string of the molecule is CSc1nccc(-c2cccnc2Oc2c(C)ccc3c(N)cccc23)n1. The molecular weight excluding hydrogens is 356 g/mol. The van der Waals surface area contributed by atoms with Gasteiger partial charge in [-0.1, -0.05) is 36.0 Å². The first kappa shape index (κ1) is 17.3. The van der Waals surface area contributed by atoms with Crippen LogP contribution in [0.3, 0.4) is 0 Å². The van der Waals surface area contributed by atoms with Gasteiger partial charge in [-0.25, -0.2) is 15.0 Å². The summed E-state index contributed by atoms with van der Waals surface area (Å²) in [5.74, 6) is 1.25. The molecule has 0 atom stereocenters. The van der Waals surface area contributed by atoms with Crippen molar-refractivity contribution >= 4 is 28.2 Å². The lowest BCUT2D eigenvalue weighted by Crippen LogP contribution is -1.97. The standard InChI is InChI=1S/C21H18N4OS/c1-13-8-9-14-15(5-3-7-17(14)22)19(13)26-20-16(6-4-11-23-20)18-10-12-24-21(25-18)27-2/h3-12H,22H2,1-2H3. The Kier molecular flexibility index (Phi) is 4.64. The number of rotatable bonds is 4. The smallest absolute Gasteiger partial charge is 0.228 e. The van der Waals surface area contributed by atoms with Gasteiger partial charge < -0.3 is 10.5 Å². The first-order valence-corrected chi connectivity index (χ1v) is 9.68. The summed E-state index contributed by atoms with van der Waals surface area (Å²) in [5.41, 5.74) is 9.45. The first-order chi connectivity index (χ1) is 13.2. The fourth-order valence-electron chi connectivity index (χ4n) is 2.95. The van der Waals surface area contributed by atoms with Crippen molar-refractivity contribution in [1.82, 2.24) is 15.0 Å². The monoisotopic (exact) mass is 374 g/mol. The summed E-state index contributed by atoms with van der Waals surface area (Å²) in [6.45, 7) is 2.01. The fraction of sp³-hybridized carbons (Fsp3) is 0.0952. The maximum atomic E-state index is 6.30. The quantitative estimate of drug-likeness (QED) is 0.304. The summed E-state index contributed by atoms with van der Waals surface area (Å²) < 4.78 is 6.30. The number of aryl methyl sites for hydroxylation is 1. The lowest BCUT2D eigenvalue weighted by Gasteiger charge is -2.14. The number of nitrogen functional groups attached to an aromatic ring is 1. The van der Waals surface area contributed by atoms with E-state index < -0.39 is 0 Å². The van der Waals surface area contributed by atoms with E-state index in [1.165, 1.54) is 11.8 Å². The average Bonchev–Trinajstić information content (AvgIpc) is 2.71. The van der Waals surface area contributed by atoms with Gasteiger partial charge >= 0.3 is 0 Å². The van der Waals surface area contributed by atoms with E-state index in [2.05, 4.69) is 15.0 Å². The van der Waals surface area contributed by atoms with Gasteiger partial charge in [0.15, 0.2) is 5.16 Å². The molecule has 0 amide bonds. The van der Waals surface area contributed by atoms with Crippen LogP contribution >= 0.6 is 11.8 Å². The number of hydrogen-bond acceptors (Lipinski definition) is 6. The van der Waals surface area contributed by atoms with E-state index in [1.807, 2.05) is 61.7 Å². The second-order valence-corrected chi connectivity index (χ2v) is 6.81. The molecule has 0 aliphatic carbocycles. The van der Waals surface area contributed by atoms with Crippen molar-refractivity contribution in [2.45, 2.75) is 12.1 Å². The summed E-state index contributed by atoms with van der Waals surface area (Å²) in [6.07, 6.45) is 5.41. The largest absolute Gasteiger partial charge is 0.437 e. The summed E-state index contributed by atoms with van der Waals surface area (Å²) in [7, 11) is 0. The predicted molar refractivity (Wildman–Crippen MR) is 110 cm³/mol. The number of nitrogens with two attached hydrogens (primary N) is 1. The summed E-state index contributed by atoms with van der Waals surface area (Å²) in [4.78, 5) is 13.3. The minimum absolute atomic E-state index is 0.501. The second kappa shape index (κ2) is 7.25. The van der Waals surface area contributed by atoms with E-state index in [9.17, 15) is 0 Å². The molecule has 27 heavy (non-hydrogen) atoms. The van der Waals surface area contributed by atoms with Gasteiger partial charge in [0.2, 0.25) is 5.88 Å². The van der Waals surface area contributed by atoms with Crippen LogP contribution in [0, 0.1) is 6.92 Å². The van der Waals surface area contributed by atoms with Gasteiger partial charge in [-0.3, -0.25) is 0 Å². The van der Waals surface area contributed by atoms with E-state index in [0.29, 0.717) is 11.0 Å². The number of fused-ring (bicyclic) bond motifs is 1. The predicted octanol–water partition coefficient (Wildman–Crippen LogP) is 5.10. The van der Waals surface area contributed by atoms with Crippen molar-refractivity contribution in [1.29, 1.82) is 0 Å². The molecule has 0 aliphatic rings. The lowest BCUT2D eigenvalue weighted by atomic mass is 10.0. The number of benzene rings is 2. The highest BCUT2D eigenvalue weighted by Gasteiger charge is 2.14. The number of nitrogens with zero attached hydrogens (tertiary/aromatic N) is 3. The minimum Gasteiger partial charge on any atom is -0.437 e. The number of pyridine rings is 1. The third-order valence-corrected chi connectivity index (χ3v) is 4.87. The van der Waals surface area contributed by atoms with Crippen molar-refractivity contribution in [3.8, 4) is 22.9 Å². The van der Waals surface area contributed by atoms with Crippen LogP contribution in [-0.4, -0.2) is 21.2 Å². The molecular formula is C21H18N4OS. The molecule has 0 fully saturated rings. The van der Waals surface area contributed by atoms with Crippen molar-refractivity contribution in [3.63, 3.8) is 0 Å². The minimum atomic E-state index is 0.501. The summed E-state index contributed by atoms with van der Waals surface area (Å²) in [6, 6.07) is 15.5. The Morgan fingerprint density at radius 2 is 1.81 bits per heavy atom. The lowest BCUT2D eigenvalue weighted by molar-refractivity contribution is 0.466. The van der Waals surface area contributed by atoms with Crippen LogP contribution in [0.25, 0.3) is 22.0 Å². The molecule has 0 unspecified atom stereocenters. The highest BCUT2D eigenvalue weighted by Crippen LogP contribution is 2.37. The Bertz CT molecular complexity index is 1130. The van der Waals surface area contributed by atoms with E-state index in [1.54, 1.807) is 12.4 Å². The Labute approximate surface area is 161 Å². The first-order valence-electron chi connectivity index (χ1n) is 8.45. The molecule has 4 rings (SSSR count). The number of thioether (sulfide) groups is 1. The second-order valence-electron chi connectivity index (χ2n) is 6.04. The number of anilines is 1. The third-order valence-electron chi connectivity index (χ3n) is 4.30. The third kappa shape index (κ3) is 3.31. The zero-order chi connectivity index (χ0) is 18.8. The molecule has 0 aliphatic heterocycles. The molecule has 2 heterocycles. The Hall–Kier alpha value is -3.12. The Morgan fingerprint density at radius 3 is 2.67 bits per heavy atom. The van der Waals surface area contributed by atoms with Gasteiger partial charge in [0.25, 0.3) is 0 Å². The number of aromatic nitrogens is 3. The van der Waals surface area contributed by atoms with Gasteiger partial charge in [0.05, 0.1) is 11.3 Å². The number of hydrogen-bond donors (Lipinski definition) is 1. The normalized spacial score (nSPS) is 10.9. The highest BCUT2D eigenvalue weighted by atomic mass is 32.2. The molecule has 2 aromatic heterocycles. The summed E-state index contributed by atoms with van der Waals surface area (Å²) in [5, 5.41) is 2.62. The zero-order valence-electron chi connectivity index (χ0n) is 15.0.